The molecule has 2 aromatic heterocycles. The van der Waals surface area contributed by atoms with Crippen LogP contribution in [0.3, 0.4) is 0 Å². The van der Waals surface area contributed by atoms with E-state index in [1.807, 2.05) is 11.5 Å². The number of nitrogens with zero attached hydrogens (tertiary/aromatic N) is 3. The summed E-state index contributed by atoms with van der Waals surface area (Å²) in [6.45, 7) is 2.48. The molecule has 0 aliphatic rings. The van der Waals surface area contributed by atoms with E-state index in [9.17, 15) is 14.9 Å². The van der Waals surface area contributed by atoms with Crippen molar-refractivity contribution in [3.8, 4) is 0 Å². The monoisotopic (exact) mass is 411 g/mol. The summed E-state index contributed by atoms with van der Waals surface area (Å²) < 4.78 is 3.54. The molecule has 0 spiro atoms. The predicted molar refractivity (Wildman–Crippen MR) is 94.1 cm³/mol. The molecule has 9 heteroatoms. The number of carbonyl (C=O) groups excluding carboxylic acids is 1. The Morgan fingerprint density at radius 2 is 2.13 bits per heavy atom. The van der Waals surface area contributed by atoms with Crippen LogP contribution < -0.4 is 4.80 Å². The second-order valence-corrected chi connectivity index (χ2v) is 8.03. The highest BCUT2D eigenvalue weighted by Crippen LogP contribution is 2.24. The fourth-order valence-electron chi connectivity index (χ4n) is 2.13. The van der Waals surface area contributed by atoms with E-state index in [-0.39, 0.29) is 11.6 Å². The minimum absolute atomic E-state index is 0.0255. The number of fused-ring (bicyclic) bond motifs is 1. The first-order valence-electron chi connectivity index (χ1n) is 6.61. The number of thiophene rings is 1. The number of rotatable bonds is 3. The van der Waals surface area contributed by atoms with Crippen LogP contribution in [-0.4, -0.2) is 15.4 Å². The molecule has 0 aliphatic carbocycles. The highest BCUT2D eigenvalue weighted by Gasteiger charge is 2.13. The van der Waals surface area contributed by atoms with Gasteiger partial charge in [-0.3, -0.25) is 14.9 Å². The molecule has 1 aromatic carbocycles. The van der Waals surface area contributed by atoms with Crippen LogP contribution in [0.5, 0.6) is 0 Å². The summed E-state index contributed by atoms with van der Waals surface area (Å²) in [5.74, 6) is -0.316. The van der Waals surface area contributed by atoms with Gasteiger partial charge in [0.25, 0.3) is 11.6 Å². The molecule has 118 valence electrons. The number of aromatic nitrogens is 1. The van der Waals surface area contributed by atoms with Gasteiger partial charge in [0.1, 0.15) is 0 Å². The Morgan fingerprint density at radius 3 is 2.74 bits per heavy atom. The standard InChI is InChI=1S/C14H10BrN3O3S2/c1-2-17-9-7-8(18(20)21)3-4-10(9)23-14(17)16-13(19)11-5-6-12(15)22-11/h3-7H,2H2,1H3. The van der Waals surface area contributed by atoms with Crippen molar-refractivity contribution in [1.29, 1.82) is 0 Å². The predicted octanol–water partition coefficient (Wildman–Crippen LogP) is 4.20. The second kappa shape index (κ2) is 6.34. The molecule has 1 amide bonds. The Hall–Kier alpha value is -1.84. The molecule has 3 rings (SSSR count). The van der Waals surface area contributed by atoms with E-state index in [1.54, 1.807) is 18.2 Å². The summed E-state index contributed by atoms with van der Waals surface area (Å²) in [4.78, 5) is 28.0. The number of thiazole rings is 1. The molecule has 23 heavy (non-hydrogen) atoms. The number of aryl methyl sites for hydroxylation is 1. The summed E-state index contributed by atoms with van der Waals surface area (Å²) >= 11 is 5.99. The molecule has 0 saturated carbocycles. The average Bonchev–Trinajstić information content (AvgIpc) is 3.09. The number of hydrogen-bond donors (Lipinski definition) is 0. The van der Waals surface area contributed by atoms with Crippen LogP contribution in [0.2, 0.25) is 0 Å². The Labute approximate surface area is 147 Å². The molecule has 2 heterocycles. The summed E-state index contributed by atoms with van der Waals surface area (Å²) in [6.07, 6.45) is 0. The Kier molecular flexibility index (Phi) is 4.42. The number of amides is 1. The lowest BCUT2D eigenvalue weighted by Crippen LogP contribution is -2.15. The van der Waals surface area contributed by atoms with Crippen LogP contribution in [0, 0.1) is 10.1 Å². The zero-order valence-corrected chi connectivity index (χ0v) is 15.1. The van der Waals surface area contributed by atoms with E-state index < -0.39 is 4.92 Å². The highest BCUT2D eigenvalue weighted by molar-refractivity contribution is 9.11. The van der Waals surface area contributed by atoms with Crippen molar-refractivity contribution in [2.24, 2.45) is 4.99 Å². The fourth-order valence-corrected chi connectivity index (χ4v) is 4.48. The molecule has 0 saturated heterocycles. The molecule has 6 nitrogen and oxygen atoms in total. The van der Waals surface area contributed by atoms with Crippen LogP contribution in [0.25, 0.3) is 10.2 Å². The summed E-state index contributed by atoms with van der Waals surface area (Å²) in [5.41, 5.74) is 0.739. The molecule has 0 unspecified atom stereocenters. The van der Waals surface area contributed by atoms with Crippen molar-refractivity contribution in [1.82, 2.24) is 4.57 Å². The minimum atomic E-state index is -0.428. The summed E-state index contributed by atoms with van der Waals surface area (Å²) in [5, 5.41) is 10.9. The lowest BCUT2D eigenvalue weighted by atomic mass is 10.3. The van der Waals surface area contributed by atoms with E-state index in [1.165, 1.54) is 34.8 Å². The first-order valence-corrected chi connectivity index (χ1v) is 9.04. The van der Waals surface area contributed by atoms with E-state index >= 15 is 0 Å². The first-order chi connectivity index (χ1) is 11.0. The zero-order chi connectivity index (χ0) is 16.6. The number of hydrogen-bond acceptors (Lipinski definition) is 5. The maximum atomic E-state index is 12.3. The summed E-state index contributed by atoms with van der Waals surface area (Å²) in [7, 11) is 0. The van der Waals surface area contributed by atoms with Crippen LogP contribution in [0.1, 0.15) is 16.6 Å². The molecular weight excluding hydrogens is 402 g/mol. The van der Waals surface area contributed by atoms with Gasteiger partial charge in [-0.25, -0.2) is 0 Å². The van der Waals surface area contributed by atoms with Gasteiger partial charge in [-0.1, -0.05) is 11.3 Å². The molecular formula is C14H10BrN3O3S2. The molecule has 0 aliphatic heterocycles. The van der Waals surface area contributed by atoms with E-state index in [2.05, 4.69) is 20.9 Å². The average molecular weight is 412 g/mol. The van der Waals surface area contributed by atoms with Crippen LogP contribution in [0.15, 0.2) is 39.1 Å². The molecule has 3 aromatic rings. The maximum Gasteiger partial charge on any atom is 0.289 e. The van der Waals surface area contributed by atoms with Crippen molar-refractivity contribution < 1.29 is 9.72 Å². The van der Waals surface area contributed by atoms with Crippen LogP contribution >= 0.6 is 38.6 Å². The zero-order valence-electron chi connectivity index (χ0n) is 11.9. The number of nitro groups is 1. The third-order valence-electron chi connectivity index (χ3n) is 3.17. The number of nitro benzene ring substituents is 1. The summed E-state index contributed by atoms with van der Waals surface area (Å²) in [6, 6.07) is 8.18. The van der Waals surface area contributed by atoms with Crippen LogP contribution in [-0.2, 0) is 6.54 Å². The van der Waals surface area contributed by atoms with Crippen LogP contribution in [0.4, 0.5) is 5.69 Å². The van der Waals surface area contributed by atoms with Gasteiger partial charge < -0.3 is 4.57 Å². The van der Waals surface area contributed by atoms with E-state index in [0.29, 0.717) is 21.7 Å². The van der Waals surface area contributed by atoms with Crippen molar-refractivity contribution in [2.75, 3.05) is 0 Å². The molecule has 0 atom stereocenters. The Morgan fingerprint density at radius 1 is 1.35 bits per heavy atom. The SMILES string of the molecule is CCn1c(=NC(=O)c2ccc(Br)s2)sc2ccc([N+](=O)[O-])cc21. The largest absolute Gasteiger partial charge is 0.316 e. The smallest absolute Gasteiger partial charge is 0.289 e. The van der Waals surface area contributed by atoms with Crippen molar-refractivity contribution in [2.45, 2.75) is 13.5 Å². The Bertz CT molecular complexity index is 987. The van der Waals surface area contributed by atoms with Gasteiger partial charge in [-0.15, -0.1) is 11.3 Å². The van der Waals surface area contributed by atoms with Gasteiger partial charge in [0.15, 0.2) is 4.80 Å². The number of non-ortho nitro benzene ring substituents is 1. The van der Waals surface area contributed by atoms with Gasteiger partial charge in [-0.05, 0) is 41.1 Å². The highest BCUT2D eigenvalue weighted by atomic mass is 79.9. The van der Waals surface area contributed by atoms with Crippen molar-refractivity contribution >= 4 is 60.4 Å². The second-order valence-electron chi connectivity index (χ2n) is 4.56. The normalized spacial score (nSPS) is 12.0. The third kappa shape index (κ3) is 3.12. The lowest BCUT2D eigenvalue weighted by Gasteiger charge is -1.99. The van der Waals surface area contributed by atoms with Gasteiger partial charge in [0.05, 0.1) is 23.8 Å². The van der Waals surface area contributed by atoms with Gasteiger partial charge in [0, 0.05) is 18.7 Å². The third-order valence-corrected chi connectivity index (χ3v) is 5.84. The van der Waals surface area contributed by atoms with Crippen molar-refractivity contribution in [3.63, 3.8) is 0 Å². The Balaban J connectivity index is 2.15. The quantitative estimate of drug-likeness (QED) is 0.478. The number of benzene rings is 1. The van der Waals surface area contributed by atoms with Gasteiger partial charge in [-0.2, -0.15) is 4.99 Å². The molecule has 0 N–H and O–H groups in total. The molecule has 0 bridgehead atoms. The van der Waals surface area contributed by atoms with E-state index in [0.717, 1.165) is 8.49 Å². The number of carbonyl (C=O) groups is 1. The van der Waals surface area contributed by atoms with Gasteiger partial charge >= 0.3 is 0 Å². The lowest BCUT2D eigenvalue weighted by molar-refractivity contribution is -0.384. The minimum Gasteiger partial charge on any atom is -0.316 e. The van der Waals surface area contributed by atoms with E-state index in [4.69, 9.17) is 0 Å². The number of halogens is 1. The first kappa shape index (κ1) is 16.0. The van der Waals surface area contributed by atoms with Crippen molar-refractivity contribution in [3.05, 3.63) is 53.9 Å². The fraction of sp³-hybridized carbons (Fsp3) is 0.143. The molecule has 0 fully saturated rings. The topological polar surface area (TPSA) is 77.5 Å². The van der Waals surface area contributed by atoms with Gasteiger partial charge in [0.2, 0.25) is 0 Å². The maximum absolute atomic E-state index is 12.3. The molecule has 0 radical (unpaired) electrons.